The fourth-order valence-electron chi connectivity index (χ4n) is 1.71. The number of esters is 1. The Morgan fingerprint density at radius 3 is 2.63 bits per heavy atom. The molecule has 5 nitrogen and oxygen atoms in total. The van der Waals surface area contributed by atoms with Crippen LogP contribution in [0, 0.1) is 5.92 Å². The Morgan fingerprint density at radius 2 is 2.16 bits per heavy atom. The van der Waals surface area contributed by atoms with Crippen molar-refractivity contribution in [2.45, 2.75) is 20.3 Å². The summed E-state index contributed by atoms with van der Waals surface area (Å²) < 4.78 is 5.43. The number of nitrogens with zero attached hydrogens (tertiary/aromatic N) is 1. The molecule has 0 saturated carbocycles. The minimum atomic E-state index is -0.311. The van der Waals surface area contributed by atoms with E-state index in [0.717, 1.165) is 4.47 Å². The molecule has 1 aromatic rings. The number of amides is 1. The highest BCUT2D eigenvalue weighted by Gasteiger charge is 2.19. The molecule has 1 amide bonds. The standard InChI is InChI=1S/C13H19BrN2O3/c1-9(2)8-16(5-4-12(17)19-3)13(18)11-6-10(14)7-15-11/h6-7,9,15H,4-5,8H2,1-3H3. The molecule has 1 aromatic heterocycles. The van der Waals surface area contributed by atoms with Crippen LogP contribution >= 0.6 is 15.9 Å². The maximum atomic E-state index is 12.3. The van der Waals surface area contributed by atoms with E-state index in [1.54, 1.807) is 17.2 Å². The van der Waals surface area contributed by atoms with E-state index in [0.29, 0.717) is 24.7 Å². The lowest BCUT2D eigenvalue weighted by Gasteiger charge is -2.23. The van der Waals surface area contributed by atoms with Crippen LogP contribution in [0.15, 0.2) is 16.7 Å². The van der Waals surface area contributed by atoms with Crippen LogP contribution in [0.1, 0.15) is 30.8 Å². The van der Waals surface area contributed by atoms with Crippen LogP contribution in [0.2, 0.25) is 0 Å². The summed E-state index contributed by atoms with van der Waals surface area (Å²) >= 11 is 3.30. The number of aromatic nitrogens is 1. The first-order chi connectivity index (χ1) is 8.93. The molecular weight excluding hydrogens is 312 g/mol. The molecule has 19 heavy (non-hydrogen) atoms. The Labute approximate surface area is 121 Å². The van der Waals surface area contributed by atoms with Gasteiger partial charge >= 0.3 is 5.97 Å². The highest BCUT2D eigenvalue weighted by Crippen LogP contribution is 2.13. The lowest BCUT2D eigenvalue weighted by molar-refractivity contribution is -0.140. The molecular formula is C13H19BrN2O3. The lowest BCUT2D eigenvalue weighted by atomic mass is 10.2. The Morgan fingerprint density at radius 1 is 1.47 bits per heavy atom. The Bertz CT molecular complexity index is 443. The molecule has 1 heterocycles. The van der Waals surface area contributed by atoms with E-state index in [-0.39, 0.29) is 18.3 Å². The van der Waals surface area contributed by atoms with E-state index in [2.05, 4.69) is 25.7 Å². The third kappa shape index (κ3) is 5.06. The van der Waals surface area contributed by atoms with Gasteiger partial charge in [-0.25, -0.2) is 0 Å². The van der Waals surface area contributed by atoms with E-state index in [4.69, 9.17) is 0 Å². The second kappa shape index (κ2) is 7.33. The van der Waals surface area contributed by atoms with Gasteiger partial charge in [0.05, 0.1) is 13.5 Å². The van der Waals surface area contributed by atoms with Gasteiger partial charge in [0.25, 0.3) is 5.91 Å². The third-order valence-electron chi connectivity index (χ3n) is 2.56. The molecule has 0 aliphatic rings. The summed E-state index contributed by atoms with van der Waals surface area (Å²) in [5, 5.41) is 0. The zero-order chi connectivity index (χ0) is 14.4. The number of hydrogen-bond donors (Lipinski definition) is 1. The van der Waals surface area contributed by atoms with Gasteiger partial charge in [-0.1, -0.05) is 13.8 Å². The number of rotatable bonds is 6. The predicted octanol–water partition coefficient (Wildman–Crippen LogP) is 2.44. The summed E-state index contributed by atoms with van der Waals surface area (Å²) in [4.78, 5) is 28.1. The summed E-state index contributed by atoms with van der Waals surface area (Å²) in [7, 11) is 1.35. The second-order valence-electron chi connectivity index (χ2n) is 4.70. The number of carbonyl (C=O) groups is 2. The van der Waals surface area contributed by atoms with Crippen molar-refractivity contribution in [3.05, 3.63) is 22.4 Å². The molecule has 0 aromatic carbocycles. The normalized spacial score (nSPS) is 10.6. The van der Waals surface area contributed by atoms with Crippen molar-refractivity contribution < 1.29 is 14.3 Å². The summed E-state index contributed by atoms with van der Waals surface area (Å²) in [6.45, 7) is 5.03. The smallest absolute Gasteiger partial charge is 0.307 e. The molecule has 0 fully saturated rings. The van der Waals surface area contributed by atoms with Crippen LogP contribution < -0.4 is 0 Å². The fourth-order valence-corrected chi connectivity index (χ4v) is 2.05. The molecule has 0 spiro atoms. The number of H-pyrrole nitrogens is 1. The number of hydrogen-bond acceptors (Lipinski definition) is 3. The van der Waals surface area contributed by atoms with Crippen molar-refractivity contribution in [1.29, 1.82) is 0 Å². The van der Waals surface area contributed by atoms with Crippen molar-refractivity contribution in [1.82, 2.24) is 9.88 Å². The van der Waals surface area contributed by atoms with Gasteiger partial charge in [-0.3, -0.25) is 9.59 Å². The summed E-state index contributed by atoms with van der Waals surface area (Å²) in [5.74, 6) is -0.0856. The Hall–Kier alpha value is -1.30. The number of ether oxygens (including phenoxy) is 1. The van der Waals surface area contributed by atoms with Crippen LogP contribution in [0.3, 0.4) is 0 Å². The van der Waals surface area contributed by atoms with Crippen LogP contribution in [0.5, 0.6) is 0 Å². The van der Waals surface area contributed by atoms with E-state index < -0.39 is 0 Å². The molecule has 0 aliphatic heterocycles. The minimum Gasteiger partial charge on any atom is -0.469 e. The highest BCUT2D eigenvalue weighted by atomic mass is 79.9. The molecule has 6 heteroatoms. The van der Waals surface area contributed by atoms with E-state index >= 15 is 0 Å². The summed E-state index contributed by atoms with van der Waals surface area (Å²) in [5.41, 5.74) is 0.511. The molecule has 1 rings (SSSR count). The third-order valence-corrected chi connectivity index (χ3v) is 3.02. The van der Waals surface area contributed by atoms with Gasteiger partial charge in [-0.15, -0.1) is 0 Å². The quantitative estimate of drug-likeness (QED) is 0.815. The molecule has 106 valence electrons. The van der Waals surface area contributed by atoms with Crippen LogP contribution in [-0.4, -0.2) is 42.0 Å². The van der Waals surface area contributed by atoms with E-state index in [1.807, 2.05) is 13.8 Å². The van der Waals surface area contributed by atoms with Gasteiger partial charge in [-0.05, 0) is 27.9 Å². The SMILES string of the molecule is COC(=O)CCN(CC(C)C)C(=O)c1cc(Br)c[nH]1. The van der Waals surface area contributed by atoms with E-state index in [9.17, 15) is 9.59 Å². The first kappa shape index (κ1) is 15.8. The minimum absolute atomic E-state index is 0.108. The molecule has 0 radical (unpaired) electrons. The van der Waals surface area contributed by atoms with Crippen LogP contribution in [0.25, 0.3) is 0 Å². The number of carbonyl (C=O) groups excluding carboxylic acids is 2. The molecule has 0 unspecified atom stereocenters. The van der Waals surface area contributed by atoms with Gasteiger partial charge in [0, 0.05) is 23.8 Å². The van der Waals surface area contributed by atoms with Gasteiger partial charge in [-0.2, -0.15) is 0 Å². The van der Waals surface area contributed by atoms with Crippen molar-refractivity contribution in [2.75, 3.05) is 20.2 Å². The first-order valence-electron chi connectivity index (χ1n) is 6.14. The van der Waals surface area contributed by atoms with E-state index in [1.165, 1.54) is 7.11 Å². The van der Waals surface area contributed by atoms with Crippen molar-refractivity contribution in [3.63, 3.8) is 0 Å². The topological polar surface area (TPSA) is 62.4 Å². The summed E-state index contributed by atoms with van der Waals surface area (Å²) in [6, 6.07) is 1.73. The summed E-state index contributed by atoms with van der Waals surface area (Å²) in [6.07, 6.45) is 1.91. The largest absolute Gasteiger partial charge is 0.469 e. The number of halogens is 1. The average molecular weight is 331 g/mol. The Kier molecular flexibility index (Phi) is 6.08. The zero-order valence-electron chi connectivity index (χ0n) is 11.4. The molecule has 0 saturated heterocycles. The fraction of sp³-hybridized carbons (Fsp3) is 0.538. The highest BCUT2D eigenvalue weighted by molar-refractivity contribution is 9.10. The number of aromatic amines is 1. The van der Waals surface area contributed by atoms with Crippen LogP contribution in [0.4, 0.5) is 0 Å². The van der Waals surface area contributed by atoms with Crippen molar-refractivity contribution >= 4 is 27.8 Å². The monoisotopic (exact) mass is 330 g/mol. The predicted molar refractivity (Wildman–Crippen MR) is 75.9 cm³/mol. The maximum Gasteiger partial charge on any atom is 0.307 e. The van der Waals surface area contributed by atoms with Gasteiger partial charge in [0.2, 0.25) is 0 Å². The molecule has 0 bridgehead atoms. The Balaban J connectivity index is 2.72. The van der Waals surface area contributed by atoms with Crippen molar-refractivity contribution in [2.24, 2.45) is 5.92 Å². The maximum absolute atomic E-state index is 12.3. The molecule has 0 aliphatic carbocycles. The molecule has 0 atom stereocenters. The van der Waals surface area contributed by atoms with Gasteiger partial charge in [0.15, 0.2) is 0 Å². The van der Waals surface area contributed by atoms with Crippen LogP contribution in [-0.2, 0) is 9.53 Å². The second-order valence-corrected chi connectivity index (χ2v) is 5.62. The zero-order valence-corrected chi connectivity index (χ0v) is 13.0. The number of methoxy groups -OCH3 is 1. The lowest BCUT2D eigenvalue weighted by Crippen LogP contribution is -2.36. The van der Waals surface area contributed by atoms with Gasteiger partial charge in [0.1, 0.15) is 5.69 Å². The van der Waals surface area contributed by atoms with Crippen molar-refractivity contribution in [3.8, 4) is 0 Å². The average Bonchev–Trinajstić information content (AvgIpc) is 2.79. The number of nitrogens with one attached hydrogen (secondary N) is 1. The molecule has 1 N–H and O–H groups in total. The van der Waals surface area contributed by atoms with Gasteiger partial charge < -0.3 is 14.6 Å². The first-order valence-corrected chi connectivity index (χ1v) is 6.93.